The topological polar surface area (TPSA) is 59.8 Å². The van der Waals surface area contributed by atoms with Gasteiger partial charge in [0.05, 0.1) is 31.8 Å². The van der Waals surface area contributed by atoms with E-state index in [2.05, 4.69) is 21.9 Å². The Balaban J connectivity index is 1.84. The van der Waals surface area contributed by atoms with E-state index in [1.54, 1.807) is 19.1 Å². The number of rotatable bonds is 6. The SMILES string of the molecule is COc1ccccc1N1CCN(CC(=O)N(C)CCC#N)CC1. The fraction of sp³-hybridized carbons (Fsp3) is 0.529. The van der Waals surface area contributed by atoms with Crippen molar-refractivity contribution >= 4 is 11.6 Å². The highest BCUT2D eigenvalue weighted by atomic mass is 16.5. The summed E-state index contributed by atoms with van der Waals surface area (Å²) in [6, 6.07) is 10.1. The fourth-order valence-electron chi connectivity index (χ4n) is 2.69. The summed E-state index contributed by atoms with van der Waals surface area (Å²) in [4.78, 5) is 18.2. The Labute approximate surface area is 137 Å². The van der Waals surface area contributed by atoms with Crippen molar-refractivity contribution in [3.8, 4) is 11.8 Å². The lowest BCUT2D eigenvalue weighted by atomic mass is 10.2. The normalized spacial score (nSPS) is 15.1. The molecular weight excluding hydrogens is 292 g/mol. The van der Waals surface area contributed by atoms with Gasteiger partial charge in [-0.25, -0.2) is 0 Å². The molecule has 1 fully saturated rings. The van der Waals surface area contributed by atoms with E-state index in [9.17, 15) is 4.79 Å². The molecule has 1 aromatic carbocycles. The van der Waals surface area contributed by atoms with Gasteiger partial charge in [-0.05, 0) is 12.1 Å². The van der Waals surface area contributed by atoms with Crippen molar-refractivity contribution in [1.82, 2.24) is 9.80 Å². The summed E-state index contributed by atoms with van der Waals surface area (Å²) >= 11 is 0. The van der Waals surface area contributed by atoms with Crippen LogP contribution in [0.4, 0.5) is 5.69 Å². The summed E-state index contributed by atoms with van der Waals surface area (Å²) in [6.07, 6.45) is 0.379. The maximum atomic E-state index is 12.1. The van der Waals surface area contributed by atoms with Crippen LogP contribution in [0.1, 0.15) is 6.42 Å². The number of ether oxygens (including phenoxy) is 1. The lowest BCUT2D eigenvalue weighted by Crippen LogP contribution is -2.49. The first-order chi connectivity index (χ1) is 11.2. The number of nitriles is 1. The average molecular weight is 316 g/mol. The number of methoxy groups -OCH3 is 1. The molecule has 2 rings (SSSR count). The number of piperazine rings is 1. The second-order valence-electron chi connectivity index (χ2n) is 5.66. The second-order valence-corrected chi connectivity index (χ2v) is 5.66. The van der Waals surface area contributed by atoms with Crippen molar-refractivity contribution in [3.63, 3.8) is 0 Å². The first-order valence-corrected chi connectivity index (χ1v) is 7.87. The number of carbonyl (C=O) groups is 1. The molecular formula is C17H24N4O2. The van der Waals surface area contributed by atoms with Crippen LogP contribution in [0.2, 0.25) is 0 Å². The number of amides is 1. The highest BCUT2D eigenvalue weighted by Gasteiger charge is 2.22. The van der Waals surface area contributed by atoms with Crippen LogP contribution in [0.25, 0.3) is 0 Å². The van der Waals surface area contributed by atoms with Crippen molar-refractivity contribution in [2.45, 2.75) is 6.42 Å². The maximum Gasteiger partial charge on any atom is 0.236 e. The van der Waals surface area contributed by atoms with Gasteiger partial charge >= 0.3 is 0 Å². The summed E-state index contributed by atoms with van der Waals surface area (Å²) in [5, 5.41) is 8.58. The molecule has 6 heteroatoms. The molecule has 1 aliphatic rings. The lowest BCUT2D eigenvalue weighted by molar-refractivity contribution is -0.131. The second kappa shape index (κ2) is 8.39. The predicted molar refractivity (Wildman–Crippen MR) is 89.5 cm³/mol. The number of anilines is 1. The van der Waals surface area contributed by atoms with Crippen molar-refractivity contribution in [2.75, 3.05) is 58.3 Å². The monoisotopic (exact) mass is 316 g/mol. The molecule has 23 heavy (non-hydrogen) atoms. The molecule has 0 aromatic heterocycles. The van der Waals surface area contributed by atoms with Crippen molar-refractivity contribution in [1.29, 1.82) is 5.26 Å². The van der Waals surface area contributed by atoms with Gasteiger partial charge < -0.3 is 14.5 Å². The van der Waals surface area contributed by atoms with E-state index in [4.69, 9.17) is 10.00 Å². The molecule has 0 aliphatic carbocycles. The van der Waals surface area contributed by atoms with Gasteiger partial charge in [0.15, 0.2) is 0 Å². The third-order valence-corrected chi connectivity index (χ3v) is 4.14. The number of hydrogen-bond donors (Lipinski definition) is 0. The van der Waals surface area contributed by atoms with Gasteiger partial charge in [-0.1, -0.05) is 12.1 Å². The van der Waals surface area contributed by atoms with E-state index in [0.29, 0.717) is 19.5 Å². The van der Waals surface area contributed by atoms with Crippen molar-refractivity contribution in [2.24, 2.45) is 0 Å². The molecule has 1 aliphatic heterocycles. The Morgan fingerprint density at radius 1 is 1.30 bits per heavy atom. The zero-order chi connectivity index (χ0) is 16.7. The van der Waals surface area contributed by atoms with E-state index in [1.807, 2.05) is 18.2 Å². The fourth-order valence-corrected chi connectivity index (χ4v) is 2.69. The molecule has 0 unspecified atom stereocenters. The minimum absolute atomic E-state index is 0.0750. The van der Waals surface area contributed by atoms with E-state index >= 15 is 0 Å². The lowest BCUT2D eigenvalue weighted by Gasteiger charge is -2.36. The first-order valence-electron chi connectivity index (χ1n) is 7.87. The number of nitrogens with zero attached hydrogens (tertiary/aromatic N) is 4. The van der Waals surface area contributed by atoms with Crippen LogP contribution in [0, 0.1) is 11.3 Å². The number of hydrogen-bond acceptors (Lipinski definition) is 5. The number of para-hydroxylation sites is 2. The first kappa shape index (κ1) is 17.1. The van der Waals surface area contributed by atoms with Crippen LogP contribution in [0.3, 0.4) is 0 Å². The number of benzene rings is 1. The molecule has 0 radical (unpaired) electrons. The molecule has 1 aromatic rings. The third kappa shape index (κ3) is 4.60. The van der Waals surface area contributed by atoms with Crippen molar-refractivity contribution < 1.29 is 9.53 Å². The van der Waals surface area contributed by atoms with Crippen molar-refractivity contribution in [3.05, 3.63) is 24.3 Å². The van der Waals surface area contributed by atoms with Gasteiger partial charge in [-0.3, -0.25) is 9.69 Å². The van der Waals surface area contributed by atoms with Gasteiger partial charge in [0.25, 0.3) is 0 Å². The van der Waals surface area contributed by atoms with E-state index in [0.717, 1.165) is 37.6 Å². The smallest absolute Gasteiger partial charge is 0.236 e. The summed E-state index contributed by atoms with van der Waals surface area (Å²) in [7, 11) is 3.44. The van der Waals surface area contributed by atoms with Gasteiger partial charge in [0, 0.05) is 39.8 Å². The minimum Gasteiger partial charge on any atom is -0.495 e. The summed E-state index contributed by atoms with van der Waals surface area (Å²) in [5.74, 6) is 0.958. The Bertz CT molecular complexity index is 562. The number of likely N-dealkylation sites (N-methyl/N-ethyl adjacent to an activating group) is 1. The molecule has 0 spiro atoms. The summed E-state index contributed by atoms with van der Waals surface area (Å²) in [5.41, 5.74) is 1.10. The number of carbonyl (C=O) groups excluding carboxylic acids is 1. The molecule has 0 N–H and O–H groups in total. The van der Waals surface area contributed by atoms with E-state index < -0.39 is 0 Å². The van der Waals surface area contributed by atoms with Crippen LogP contribution in [-0.4, -0.2) is 69.1 Å². The molecule has 6 nitrogen and oxygen atoms in total. The van der Waals surface area contributed by atoms with Crippen LogP contribution in [0.15, 0.2) is 24.3 Å². The van der Waals surface area contributed by atoms with Crippen LogP contribution in [-0.2, 0) is 4.79 Å². The van der Waals surface area contributed by atoms with Gasteiger partial charge in [0.1, 0.15) is 5.75 Å². The summed E-state index contributed by atoms with van der Waals surface area (Å²) in [6.45, 7) is 4.34. The van der Waals surface area contributed by atoms with Gasteiger partial charge in [-0.2, -0.15) is 5.26 Å². The Morgan fingerprint density at radius 2 is 2.00 bits per heavy atom. The Morgan fingerprint density at radius 3 is 2.65 bits per heavy atom. The maximum absolute atomic E-state index is 12.1. The molecule has 0 saturated carbocycles. The highest BCUT2D eigenvalue weighted by molar-refractivity contribution is 5.78. The quantitative estimate of drug-likeness (QED) is 0.789. The third-order valence-electron chi connectivity index (χ3n) is 4.14. The molecule has 1 heterocycles. The van der Waals surface area contributed by atoms with E-state index in [-0.39, 0.29) is 5.91 Å². The van der Waals surface area contributed by atoms with Crippen LogP contribution in [0.5, 0.6) is 5.75 Å². The Kier molecular flexibility index (Phi) is 6.24. The molecule has 0 atom stereocenters. The standard InChI is InChI=1S/C17H24N4O2/c1-19(9-5-8-18)17(22)14-20-10-12-21(13-11-20)15-6-3-4-7-16(15)23-2/h3-4,6-7H,5,9-14H2,1-2H3. The Hall–Kier alpha value is -2.26. The highest BCUT2D eigenvalue weighted by Crippen LogP contribution is 2.28. The summed E-state index contributed by atoms with van der Waals surface area (Å²) < 4.78 is 5.42. The molecule has 1 amide bonds. The zero-order valence-corrected chi connectivity index (χ0v) is 13.9. The minimum atomic E-state index is 0.0750. The molecule has 1 saturated heterocycles. The zero-order valence-electron chi connectivity index (χ0n) is 13.9. The molecule has 124 valence electrons. The van der Waals surface area contributed by atoms with Crippen LogP contribution < -0.4 is 9.64 Å². The van der Waals surface area contributed by atoms with E-state index in [1.165, 1.54) is 0 Å². The van der Waals surface area contributed by atoms with Gasteiger partial charge in [0.2, 0.25) is 5.91 Å². The van der Waals surface area contributed by atoms with Gasteiger partial charge in [-0.15, -0.1) is 0 Å². The largest absolute Gasteiger partial charge is 0.495 e. The predicted octanol–water partition coefficient (Wildman–Crippen LogP) is 1.19. The van der Waals surface area contributed by atoms with Crippen LogP contribution >= 0.6 is 0 Å². The average Bonchev–Trinajstić information content (AvgIpc) is 2.60. The molecule has 0 bridgehead atoms.